The van der Waals surface area contributed by atoms with Gasteiger partial charge in [-0.1, -0.05) is 84.9 Å². The van der Waals surface area contributed by atoms with Crippen molar-refractivity contribution in [1.82, 2.24) is 9.13 Å². The summed E-state index contributed by atoms with van der Waals surface area (Å²) in [4.78, 5) is 0. The summed E-state index contributed by atoms with van der Waals surface area (Å²) in [5.41, 5.74) is 9.74. The number of fused-ring (bicyclic) bond motifs is 6. The van der Waals surface area contributed by atoms with Crippen molar-refractivity contribution in [2.75, 3.05) is 0 Å². The Morgan fingerprint density at radius 1 is 0.385 bits per heavy atom. The Hall–Kier alpha value is -4.35. The molecule has 184 valence electrons. The molecule has 0 atom stereocenters. The van der Waals surface area contributed by atoms with Crippen LogP contribution < -0.4 is 0 Å². The maximum absolute atomic E-state index is 2.45. The molecule has 8 rings (SSSR count). The first-order valence-corrected chi connectivity index (χ1v) is 14.2. The summed E-state index contributed by atoms with van der Waals surface area (Å²) in [5, 5.41) is 5.09. The van der Waals surface area contributed by atoms with Gasteiger partial charge in [0, 0.05) is 30.8 Å². The van der Waals surface area contributed by atoms with Crippen LogP contribution in [0.3, 0.4) is 0 Å². The highest BCUT2D eigenvalue weighted by Gasteiger charge is 2.16. The first-order chi connectivity index (χ1) is 19.3. The predicted octanol–water partition coefficient (Wildman–Crippen LogP) is 10.2. The van der Waals surface area contributed by atoms with Gasteiger partial charge >= 0.3 is 0 Å². The first kappa shape index (κ1) is 22.6. The van der Waals surface area contributed by atoms with Crippen LogP contribution in [0, 0.1) is 3.57 Å². The Kier molecular flexibility index (Phi) is 5.13. The number of halogens is 1. The molecule has 0 spiro atoms. The Bertz CT molecular complexity index is 2180. The van der Waals surface area contributed by atoms with Crippen molar-refractivity contribution in [3.05, 3.63) is 143 Å². The molecule has 2 heterocycles. The second kappa shape index (κ2) is 8.85. The average molecular weight is 610 g/mol. The molecule has 0 aliphatic rings. The molecular weight excluding hydrogens is 587 g/mol. The van der Waals surface area contributed by atoms with Crippen LogP contribution in [-0.4, -0.2) is 9.13 Å². The number of para-hydroxylation sites is 4. The monoisotopic (exact) mass is 610 g/mol. The molecule has 0 N–H and O–H groups in total. The number of hydrogen-bond donors (Lipinski definition) is 0. The zero-order valence-corrected chi connectivity index (χ0v) is 23.2. The fourth-order valence-corrected chi connectivity index (χ4v) is 6.68. The molecule has 0 bridgehead atoms. The van der Waals surface area contributed by atoms with Crippen molar-refractivity contribution in [2.45, 2.75) is 0 Å². The molecule has 8 aromatic rings. The van der Waals surface area contributed by atoms with Crippen molar-refractivity contribution in [3.63, 3.8) is 0 Å². The first-order valence-electron chi connectivity index (χ1n) is 13.1. The van der Waals surface area contributed by atoms with Crippen LogP contribution in [0.1, 0.15) is 0 Å². The third kappa shape index (κ3) is 3.46. The lowest BCUT2D eigenvalue weighted by molar-refractivity contribution is 1.17. The van der Waals surface area contributed by atoms with Crippen LogP contribution in [0.25, 0.3) is 66.1 Å². The van der Waals surface area contributed by atoms with E-state index in [2.05, 4.69) is 171 Å². The zero-order chi connectivity index (χ0) is 25.9. The molecule has 2 nitrogen and oxygen atoms in total. The Morgan fingerprint density at radius 3 is 1.74 bits per heavy atom. The fraction of sp³-hybridized carbons (Fsp3) is 0. The van der Waals surface area contributed by atoms with E-state index in [0.717, 1.165) is 0 Å². The van der Waals surface area contributed by atoms with Gasteiger partial charge < -0.3 is 9.13 Å². The second-order valence-corrected chi connectivity index (χ2v) is 11.1. The van der Waals surface area contributed by atoms with Gasteiger partial charge in [0.15, 0.2) is 0 Å². The van der Waals surface area contributed by atoms with Crippen molar-refractivity contribution < 1.29 is 0 Å². The quantitative estimate of drug-likeness (QED) is 0.176. The number of benzene rings is 6. The summed E-state index contributed by atoms with van der Waals surface area (Å²) in [6.45, 7) is 0. The summed E-state index contributed by atoms with van der Waals surface area (Å²) in [7, 11) is 0. The molecule has 0 radical (unpaired) electrons. The van der Waals surface area contributed by atoms with Crippen molar-refractivity contribution in [2.24, 2.45) is 0 Å². The maximum Gasteiger partial charge on any atom is 0.0595 e. The molecular formula is C36H23IN2. The van der Waals surface area contributed by atoms with Gasteiger partial charge in [0.25, 0.3) is 0 Å². The summed E-state index contributed by atoms with van der Waals surface area (Å²) >= 11 is 2.45. The highest BCUT2D eigenvalue weighted by molar-refractivity contribution is 14.1. The number of aromatic nitrogens is 2. The van der Waals surface area contributed by atoms with Crippen LogP contribution in [0.2, 0.25) is 0 Å². The van der Waals surface area contributed by atoms with Gasteiger partial charge in [-0.2, -0.15) is 0 Å². The van der Waals surface area contributed by atoms with Crippen LogP contribution in [-0.2, 0) is 0 Å². The fourth-order valence-electron chi connectivity index (χ4n) is 6.05. The van der Waals surface area contributed by atoms with Gasteiger partial charge in [0.1, 0.15) is 0 Å². The summed E-state index contributed by atoms with van der Waals surface area (Å²) < 4.78 is 6.01. The van der Waals surface area contributed by atoms with E-state index in [0.29, 0.717) is 0 Å². The standard InChI is InChI=1S/C36H23IN2/c37-31-14-6-9-17-35(31)39-33-16-8-4-12-27(33)29-20-18-25(23-36(29)39)24-19-21-34-30(22-24)28-13-5-7-15-32(28)38(34)26-10-2-1-3-11-26/h1-23H. The Labute approximate surface area is 239 Å². The van der Waals surface area contributed by atoms with Crippen molar-refractivity contribution in [1.29, 1.82) is 0 Å². The predicted molar refractivity (Wildman–Crippen MR) is 173 cm³/mol. The lowest BCUT2D eigenvalue weighted by atomic mass is 10.0. The molecule has 2 aromatic heterocycles. The van der Waals surface area contributed by atoms with Gasteiger partial charge in [-0.05, 0) is 88.3 Å². The Morgan fingerprint density at radius 2 is 0.949 bits per heavy atom. The maximum atomic E-state index is 2.45. The topological polar surface area (TPSA) is 9.86 Å². The van der Waals surface area contributed by atoms with E-state index in [9.17, 15) is 0 Å². The minimum Gasteiger partial charge on any atom is -0.309 e. The van der Waals surface area contributed by atoms with Gasteiger partial charge in [-0.15, -0.1) is 0 Å². The van der Waals surface area contributed by atoms with E-state index >= 15 is 0 Å². The molecule has 0 saturated heterocycles. The molecule has 0 amide bonds. The molecule has 0 aliphatic heterocycles. The Balaban J connectivity index is 1.39. The minimum atomic E-state index is 1.18. The van der Waals surface area contributed by atoms with Crippen molar-refractivity contribution in [3.8, 4) is 22.5 Å². The van der Waals surface area contributed by atoms with E-state index in [1.54, 1.807) is 0 Å². The molecule has 39 heavy (non-hydrogen) atoms. The number of rotatable bonds is 3. The summed E-state index contributed by atoms with van der Waals surface area (Å²) in [6, 6.07) is 50.5. The SMILES string of the molecule is Ic1ccccc1-n1c2ccccc2c2ccc(-c3ccc4c(c3)c3ccccc3n4-c3ccccc3)cc21. The molecule has 6 aromatic carbocycles. The number of hydrogen-bond acceptors (Lipinski definition) is 0. The number of nitrogens with zero attached hydrogens (tertiary/aromatic N) is 2. The van der Waals surface area contributed by atoms with Crippen LogP contribution in [0.15, 0.2) is 140 Å². The van der Waals surface area contributed by atoms with Gasteiger partial charge in [-0.25, -0.2) is 0 Å². The second-order valence-electron chi connectivity index (χ2n) is 9.96. The lowest BCUT2D eigenvalue weighted by Crippen LogP contribution is -1.96. The van der Waals surface area contributed by atoms with E-state index in [1.807, 2.05) is 0 Å². The highest BCUT2D eigenvalue weighted by Crippen LogP contribution is 2.38. The molecule has 0 fully saturated rings. The zero-order valence-electron chi connectivity index (χ0n) is 21.1. The average Bonchev–Trinajstić information content (AvgIpc) is 3.50. The van der Waals surface area contributed by atoms with Gasteiger partial charge in [-0.3, -0.25) is 0 Å². The van der Waals surface area contributed by atoms with Crippen molar-refractivity contribution >= 4 is 66.2 Å². The highest BCUT2D eigenvalue weighted by atomic mass is 127. The summed E-state index contributed by atoms with van der Waals surface area (Å²) in [5.74, 6) is 0. The van der Waals surface area contributed by atoms with Crippen LogP contribution in [0.5, 0.6) is 0 Å². The van der Waals surface area contributed by atoms with E-state index in [1.165, 1.54) is 69.7 Å². The largest absolute Gasteiger partial charge is 0.309 e. The summed E-state index contributed by atoms with van der Waals surface area (Å²) in [6.07, 6.45) is 0. The van der Waals surface area contributed by atoms with E-state index < -0.39 is 0 Å². The normalized spacial score (nSPS) is 11.7. The smallest absolute Gasteiger partial charge is 0.0595 e. The molecule has 3 heteroatoms. The van der Waals surface area contributed by atoms with Gasteiger partial charge in [0.2, 0.25) is 0 Å². The third-order valence-corrected chi connectivity index (χ3v) is 8.70. The van der Waals surface area contributed by atoms with E-state index in [-0.39, 0.29) is 0 Å². The van der Waals surface area contributed by atoms with Gasteiger partial charge in [0.05, 0.1) is 27.8 Å². The molecule has 0 saturated carbocycles. The molecule has 0 aliphatic carbocycles. The lowest BCUT2D eigenvalue weighted by Gasteiger charge is -2.11. The minimum absolute atomic E-state index is 1.18. The molecule has 0 unspecified atom stereocenters. The van der Waals surface area contributed by atoms with Crippen LogP contribution >= 0.6 is 22.6 Å². The van der Waals surface area contributed by atoms with E-state index in [4.69, 9.17) is 0 Å². The third-order valence-electron chi connectivity index (χ3n) is 7.79. The van der Waals surface area contributed by atoms with Crippen LogP contribution in [0.4, 0.5) is 0 Å².